The second-order valence-electron chi connectivity index (χ2n) is 9.41. The van der Waals surface area contributed by atoms with E-state index in [1.165, 1.54) is 11.6 Å². The number of carbonyl (C=O) groups excluding carboxylic acids is 1. The molecule has 1 saturated heterocycles. The zero-order valence-electron chi connectivity index (χ0n) is 21.2. The van der Waals surface area contributed by atoms with E-state index in [1.807, 2.05) is 13.0 Å². The summed E-state index contributed by atoms with van der Waals surface area (Å²) in [5.41, 5.74) is 10.9. The number of amides is 1. The van der Waals surface area contributed by atoms with Gasteiger partial charge in [0.05, 0.1) is 0 Å². The molecule has 0 radical (unpaired) electrons. The highest BCUT2D eigenvalue weighted by Gasteiger charge is 2.22. The normalized spacial score (nSPS) is 20.1. The number of hydrogen-bond donors (Lipinski definition) is 3. The van der Waals surface area contributed by atoms with Crippen molar-refractivity contribution in [1.29, 1.82) is 0 Å². The molecule has 3 atom stereocenters. The quantitative estimate of drug-likeness (QED) is 0.137. The van der Waals surface area contributed by atoms with E-state index in [-0.39, 0.29) is 23.8 Å². The molecular weight excluding hydrogens is 428 g/mol. The Labute approximate surface area is 204 Å². The van der Waals surface area contributed by atoms with Crippen molar-refractivity contribution >= 4 is 11.7 Å². The molecule has 7 heteroatoms. The van der Waals surface area contributed by atoms with E-state index in [0.717, 1.165) is 56.4 Å². The van der Waals surface area contributed by atoms with Crippen LogP contribution in [0.5, 0.6) is 0 Å². The van der Waals surface area contributed by atoms with Gasteiger partial charge >= 0.3 is 0 Å². The number of hydroxylamine groups is 1. The minimum absolute atomic E-state index is 0.193. The van der Waals surface area contributed by atoms with E-state index in [0.29, 0.717) is 6.61 Å². The van der Waals surface area contributed by atoms with Gasteiger partial charge in [-0.05, 0) is 64.0 Å². The fourth-order valence-electron chi connectivity index (χ4n) is 3.83. The van der Waals surface area contributed by atoms with Crippen LogP contribution < -0.4 is 16.5 Å². The number of rotatable bonds is 12. The number of nitrogens with two attached hydrogens (primary N) is 1. The molecule has 1 fully saturated rings. The first-order chi connectivity index (χ1) is 16.3. The zero-order valence-corrected chi connectivity index (χ0v) is 21.2. The van der Waals surface area contributed by atoms with Gasteiger partial charge in [-0.2, -0.15) is 0 Å². The summed E-state index contributed by atoms with van der Waals surface area (Å²) in [4.78, 5) is 21.8. The smallest absolute Gasteiger partial charge is 0.267 e. The van der Waals surface area contributed by atoms with Crippen LogP contribution in [0.25, 0.3) is 0 Å². The molecule has 4 N–H and O–H groups in total. The number of benzene rings is 1. The van der Waals surface area contributed by atoms with Crippen molar-refractivity contribution in [2.24, 2.45) is 10.7 Å². The molecule has 34 heavy (non-hydrogen) atoms. The molecule has 1 aliphatic rings. The van der Waals surface area contributed by atoms with Crippen LogP contribution >= 0.6 is 0 Å². The minimum atomic E-state index is -0.360. The maximum absolute atomic E-state index is 11.9. The maximum atomic E-state index is 11.9. The van der Waals surface area contributed by atoms with Gasteiger partial charge in [0.25, 0.3) is 5.91 Å². The number of amidine groups is 1. The minimum Gasteiger partial charge on any atom is -0.371 e. The van der Waals surface area contributed by atoms with E-state index in [2.05, 4.69) is 60.8 Å². The molecule has 2 unspecified atom stereocenters. The van der Waals surface area contributed by atoms with Gasteiger partial charge < -0.3 is 15.8 Å². The van der Waals surface area contributed by atoms with Crippen molar-refractivity contribution in [2.45, 2.75) is 90.5 Å². The zero-order chi connectivity index (χ0) is 24.8. The van der Waals surface area contributed by atoms with Crippen LogP contribution in [-0.4, -0.2) is 36.2 Å². The predicted molar refractivity (Wildman–Crippen MR) is 138 cm³/mol. The SMILES string of the molecule is CC\C(=N/C=C(C)/C=C/C(=O)NOC1CCCCO1)N[C@H](C)CC(C)(N)CCc1ccccc1. The Hall–Kier alpha value is -2.48. The van der Waals surface area contributed by atoms with Gasteiger partial charge in [-0.25, -0.2) is 15.3 Å². The summed E-state index contributed by atoms with van der Waals surface area (Å²) in [6, 6.07) is 10.6. The van der Waals surface area contributed by atoms with Gasteiger partial charge in [-0.15, -0.1) is 0 Å². The number of aryl methyl sites for hydroxylation is 1. The molecule has 0 bridgehead atoms. The molecule has 1 amide bonds. The average Bonchev–Trinajstić information content (AvgIpc) is 2.83. The van der Waals surface area contributed by atoms with Crippen molar-refractivity contribution in [3.63, 3.8) is 0 Å². The lowest BCUT2D eigenvalue weighted by atomic mass is 9.88. The highest BCUT2D eigenvalue weighted by molar-refractivity contribution is 5.87. The van der Waals surface area contributed by atoms with E-state index in [4.69, 9.17) is 15.3 Å². The molecule has 1 aliphatic heterocycles. The third-order valence-corrected chi connectivity index (χ3v) is 5.70. The van der Waals surface area contributed by atoms with Crippen LogP contribution in [0, 0.1) is 0 Å². The van der Waals surface area contributed by atoms with Gasteiger partial charge in [0.2, 0.25) is 0 Å². The standard InChI is InChI=1S/C27H42N4O3/c1-5-24(30-22(3)19-27(4,28)17-16-23-11-7-6-8-12-23)29-20-21(2)14-15-25(32)31-34-26-13-9-10-18-33-26/h6-8,11-12,14-15,20,22,26H,5,9-10,13,16-19,28H2,1-4H3,(H,29,30)(H,31,32)/b15-14+,21-20+/t22-,26?,27?/m1/s1. The van der Waals surface area contributed by atoms with Crippen LogP contribution in [0.3, 0.4) is 0 Å². The summed E-state index contributed by atoms with van der Waals surface area (Å²) in [7, 11) is 0. The number of nitrogens with zero attached hydrogens (tertiary/aromatic N) is 1. The van der Waals surface area contributed by atoms with E-state index < -0.39 is 0 Å². The summed E-state index contributed by atoms with van der Waals surface area (Å²) in [6.45, 7) is 8.87. The number of hydrogen-bond acceptors (Lipinski definition) is 5. The Balaban J connectivity index is 1.78. The van der Waals surface area contributed by atoms with Crippen LogP contribution in [0.2, 0.25) is 0 Å². The lowest BCUT2D eigenvalue weighted by Gasteiger charge is -2.29. The number of carbonyl (C=O) groups is 1. The van der Waals surface area contributed by atoms with E-state index >= 15 is 0 Å². The molecule has 188 valence electrons. The van der Waals surface area contributed by atoms with Crippen molar-refractivity contribution in [3.8, 4) is 0 Å². The van der Waals surface area contributed by atoms with Crippen LogP contribution in [-0.2, 0) is 20.8 Å². The molecule has 2 rings (SSSR count). The molecule has 0 spiro atoms. The third-order valence-electron chi connectivity index (χ3n) is 5.70. The van der Waals surface area contributed by atoms with Crippen molar-refractivity contribution < 1.29 is 14.4 Å². The third kappa shape index (κ3) is 11.6. The van der Waals surface area contributed by atoms with E-state index in [1.54, 1.807) is 12.3 Å². The molecule has 0 aliphatic carbocycles. The largest absolute Gasteiger partial charge is 0.371 e. The number of allylic oxidation sites excluding steroid dienone is 2. The summed E-state index contributed by atoms with van der Waals surface area (Å²) in [6.07, 6.45) is 10.9. The second kappa shape index (κ2) is 14.7. The number of ether oxygens (including phenoxy) is 1. The van der Waals surface area contributed by atoms with Crippen LogP contribution in [0.1, 0.15) is 71.8 Å². The summed E-state index contributed by atoms with van der Waals surface area (Å²) >= 11 is 0. The molecule has 1 aromatic rings. The summed E-state index contributed by atoms with van der Waals surface area (Å²) < 4.78 is 5.42. The maximum Gasteiger partial charge on any atom is 0.267 e. The first-order valence-corrected chi connectivity index (χ1v) is 12.4. The molecular formula is C27H42N4O3. The van der Waals surface area contributed by atoms with E-state index in [9.17, 15) is 4.79 Å². The monoisotopic (exact) mass is 470 g/mol. The Bertz CT molecular complexity index is 828. The van der Waals surface area contributed by atoms with Crippen molar-refractivity contribution in [3.05, 3.63) is 59.8 Å². The highest BCUT2D eigenvalue weighted by atomic mass is 16.8. The topological polar surface area (TPSA) is 98.0 Å². The molecule has 0 saturated carbocycles. The van der Waals surface area contributed by atoms with Crippen molar-refractivity contribution in [1.82, 2.24) is 10.8 Å². The van der Waals surface area contributed by atoms with Crippen LogP contribution in [0.15, 0.2) is 59.2 Å². The number of nitrogens with one attached hydrogen (secondary N) is 2. The highest BCUT2D eigenvalue weighted by Crippen LogP contribution is 2.17. The Kier molecular flexibility index (Phi) is 12.0. The first kappa shape index (κ1) is 27.8. The first-order valence-electron chi connectivity index (χ1n) is 12.4. The molecule has 1 heterocycles. The molecule has 7 nitrogen and oxygen atoms in total. The summed E-state index contributed by atoms with van der Waals surface area (Å²) in [5.74, 6) is 0.562. The molecule has 0 aromatic heterocycles. The fraction of sp³-hybridized carbons (Fsp3) is 0.556. The van der Waals surface area contributed by atoms with Gasteiger partial charge in [0, 0.05) is 43.3 Å². The Morgan fingerprint density at radius 2 is 2.09 bits per heavy atom. The van der Waals surface area contributed by atoms with Crippen LogP contribution in [0.4, 0.5) is 0 Å². The predicted octanol–water partition coefficient (Wildman–Crippen LogP) is 4.55. The van der Waals surface area contributed by atoms with Gasteiger partial charge in [-0.1, -0.05) is 43.3 Å². The number of aliphatic imine (C=N–C) groups is 1. The summed E-state index contributed by atoms with van der Waals surface area (Å²) in [5, 5.41) is 3.49. The van der Waals surface area contributed by atoms with Gasteiger partial charge in [0.15, 0.2) is 6.29 Å². The fourth-order valence-corrected chi connectivity index (χ4v) is 3.83. The average molecular weight is 471 g/mol. The van der Waals surface area contributed by atoms with Gasteiger partial charge in [0.1, 0.15) is 5.84 Å². The molecule has 1 aromatic carbocycles. The van der Waals surface area contributed by atoms with Gasteiger partial charge in [-0.3, -0.25) is 4.79 Å². The van der Waals surface area contributed by atoms with Crippen molar-refractivity contribution in [2.75, 3.05) is 6.61 Å². The lowest BCUT2D eigenvalue weighted by Crippen LogP contribution is -2.44. The Morgan fingerprint density at radius 3 is 2.76 bits per heavy atom. The lowest BCUT2D eigenvalue weighted by molar-refractivity contribution is -0.198. The second-order valence-corrected chi connectivity index (χ2v) is 9.41. The Morgan fingerprint density at radius 1 is 1.32 bits per heavy atom.